The van der Waals surface area contributed by atoms with E-state index in [9.17, 15) is 18.8 Å². The lowest BCUT2D eigenvalue weighted by Gasteiger charge is -2.23. The molecule has 0 saturated heterocycles. The van der Waals surface area contributed by atoms with Gasteiger partial charge in [0.05, 0.1) is 10.9 Å². The van der Waals surface area contributed by atoms with E-state index >= 15 is 0 Å². The largest absolute Gasteiger partial charge is 0.478 e. The van der Waals surface area contributed by atoms with Crippen molar-refractivity contribution in [3.63, 3.8) is 0 Å². The summed E-state index contributed by atoms with van der Waals surface area (Å²) in [6.45, 7) is 1.43. The van der Waals surface area contributed by atoms with Crippen LogP contribution in [0.2, 0.25) is 0 Å². The van der Waals surface area contributed by atoms with Crippen LogP contribution in [-0.4, -0.2) is 29.1 Å². The third-order valence-corrected chi connectivity index (χ3v) is 5.19. The molecule has 28 heavy (non-hydrogen) atoms. The van der Waals surface area contributed by atoms with Crippen molar-refractivity contribution in [2.24, 2.45) is 0 Å². The van der Waals surface area contributed by atoms with Gasteiger partial charge in [-0.2, -0.15) is 0 Å². The molecule has 2 aromatic rings. The number of fused-ring (bicyclic) bond motifs is 1. The highest BCUT2D eigenvalue weighted by Crippen LogP contribution is 2.36. The van der Waals surface area contributed by atoms with Crippen molar-refractivity contribution in [3.8, 4) is 5.75 Å². The second-order valence-electron chi connectivity index (χ2n) is 6.02. The molecule has 146 valence electrons. The van der Waals surface area contributed by atoms with Gasteiger partial charge in [-0.3, -0.25) is 25.2 Å². The summed E-state index contributed by atoms with van der Waals surface area (Å²) in [5.74, 6) is -2.11. The van der Waals surface area contributed by atoms with E-state index in [0.717, 1.165) is 4.90 Å². The van der Waals surface area contributed by atoms with Crippen LogP contribution in [0.5, 0.6) is 5.75 Å². The van der Waals surface area contributed by atoms with E-state index in [2.05, 4.69) is 16.2 Å². The number of nitrogens with one attached hydrogen (secondary N) is 3. The summed E-state index contributed by atoms with van der Waals surface area (Å²) < 4.78 is 18.8. The highest BCUT2D eigenvalue weighted by Gasteiger charge is 2.29. The van der Waals surface area contributed by atoms with Gasteiger partial charge in [0.1, 0.15) is 0 Å². The monoisotopic (exact) mass is 403 g/mol. The van der Waals surface area contributed by atoms with Gasteiger partial charge in [-0.25, -0.2) is 4.39 Å². The standard InChI is InChI=1S/C19H18FN3O4S/c1-11(27-14-8-4-2-6-12(14)20)18(25)23-22-17(24)10-16-19(26)21-13-7-3-5-9-15(13)28-16/h2-9,11,16H,10H2,1H3,(H,21,26)(H,22,24)(H,23,25)/t11-,16+/m1/s1. The van der Waals surface area contributed by atoms with E-state index in [4.69, 9.17) is 4.74 Å². The first kappa shape index (κ1) is 19.7. The summed E-state index contributed by atoms with van der Waals surface area (Å²) in [7, 11) is 0. The van der Waals surface area contributed by atoms with Gasteiger partial charge in [-0.1, -0.05) is 24.3 Å². The molecule has 7 nitrogen and oxygen atoms in total. The number of hydrogen-bond acceptors (Lipinski definition) is 5. The minimum absolute atomic E-state index is 0.0644. The lowest BCUT2D eigenvalue weighted by molar-refractivity contribution is -0.133. The smallest absolute Gasteiger partial charge is 0.279 e. The van der Waals surface area contributed by atoms with Crippen LogP contribution in [0, 0.1) is 5.82 Å². The molecule has 0 aliphatic carbocycles. The van der Waals surface area contributed by atoms with E-state index < -0.39 is 29.0 Å². The Bertz CT molecular complexity index is 908. The maximum atomic E-state index is 13.6. The zero-order valence-corrected chi connectivity index (χ0v) is 15.7. The summed E-state index contributed by atoms with van der Waals surface area (Å²) in [5, 5.41) is 2.14. The molecule has 1 heterocycles. The average molecular weight is 403 g/mol. The number of para-hydroxylation sites is 2. The lowest BCUT2D eigenvalue weighted by atomic mass is 10.2. The van der Waals surface area contributed by atoms with Crippen molar-refractivity contribution in [1.29, 1.82) is 0 Å². The SMILES string of the molecule is C[C@@H](Oc1ccccc1F)C(=O)NNC(=O)C[C@@H]1Sc2ccccc2NC1=O. The number of halogens is 1. The Balaban J connectivity index is 1.48. The van der Waals surface area contributed by atoms with E-state index in [1.165, 1.54) is 36.9 Å². The molecule has 3 amide bonds. The number of ether oxygens (including phenoxy) is 1. The Morgan fingerprint density at radius 1 is 1.18 bits per heavy atom. The third kappa shape index (κ3) is 4.80. The molecule has 0 unspecified atom stereocenters. The maximum absolute atomic E-state index is 13.6. The van der Waals surface area contributed by atoms with Gasteiger partial charge in [0.15, 0.2) is 17.7 Å². The van der Waals surface area contributed by atoms with Crippen molar-refractivity contribution < 1.29 is 23.5 Å². The van der Waals surface area contributed by atoms with Crippen molar-refractivity contribution in [1.82, 2.24) is 10.9 Å². The average Bonchev–Trinajstić information content (AvgIpc) is 2.68. The second-order valence-corrected chi connectivity index (χ2v) is 7.27. The molecule has 2 atom stereocenters. The minimum Gasteiger partial charge on any atom is -0.478 e. The summed E-state index contributed by atoms with van der Waals surface area (Å²) in [5.41, 5.74) is 5.18. The Hall–Kier alpha value is -3.07. The quantitative estimate of drug-likeness (QED) is 0.666. The van der Waals surface area contributed by atoms with E-state index in [-0.39, 0.29) is 18.1 Å². The molecular weight excluding hydrogens is 385 g/mol. The number of carbonyl (C=O) groups excluding carboxylic acids is 3. The Labute approximate surface area is 165 Å². The fourth-order valence-electron chi connectivity index (χ4n) is 2.46. The first-order chi connectivity index (χ1) is 13.4. The fourth-order valence-corrected chi connectivity index (χ4v) is 3.57. The van der Waals surface area contributed by atoms with Crippen molar-refractivity contribution in [2.45, 2.75) is 29.6 Å². The maximum Gasteiger partial charge on any atom is 0.279 e. The van der Waals surface area contributed by atoms with Crippen LogP contribution in [0.1, 0.15) is 13.3 Å². The molecule has 0 saturated carbocycles. The number of hydrogen-bond donors (Lipinski definition) is 3. The van der Waals surface area contributed by atoms with Crippen LogP contribution in [0.4, 0.5) is 10.1 Å². The molecule has 0 spiro atoms. The van der Waals surface area contributed by atoms with Crippen LogP contribution < -0.4 is 20.9 Å². The van der Waals surface area contributed by atoms with Crippen LogP contribution in [0.3, 0.4) is 0 Å². The summed E-state index contributed by atoms with van der Waals surface area (Å²) >= 11 is 1.29. The van der Waals surface area contributed by atoms with Gasteiger partial charge >= 0.3 is 0 Å². The predicted molar refractivity (Wildman–Crippen MR) is 102 cm³/mol. The second kappa shape index (κ2) is 8.75. The molecule has 0 fully saturated rings. The van der Waals surface area contributed by atoms with Gasteiger partial charge < -0.3 is 10.1 Å². The number of hydrazine groups is 1. The number of rotatable bonds is 5. The summed E-state index contributed by atoms with van der Waals surface area (Å²) in [6, 6.07) is 13.0. The number of amides is 3. The normalized spacial score (nSPS) is 16.4. The van der Waals surface area contributed by atoms with Gasteiger partial charge in [-0.15, -0.1) is 11.8 Å². The topological polar surface area (TPSA) is 96.5 Å². The molecule has 3 N–H and O–H groups in total. The minimum atomic E-state index is -1.03. The van der Waals surface area contributed by atoms with Gasteiger partial charge in [0, 0.05) is 11.3 Å². The third-order valence-electron chi connectivity index (χ3n) is 3.91. The highest BCUT2D eigenvalue weighted by atomic mass is 32.2. The van der Waals surface area contributed by atoms with Crippen LogP contribution in [0.25, 0.3) is 0 Å². The molecule has 3 rings (SSSR count). The highest BCUT2D eigenvalue weighted by molar-refractivity contribution is 8.01. The molecule has 0 aromatic heterocycles. The first-order valence-electron chi connectivity index (χ1n) is 8.50. The lowest BCUT2D eigenvalue weighted by Crippen LogP contribution is -2.48. The molecule has 0 bridgehead atoms. The zero-order valence-electron chi connectivity index (χ0n) is 14.9. The van der Waals surface area contributed by atoms with Crippen LogP contribution >= 0.6 is 11.8 Å². The van der Waals surface area contributed by atoms with Crippen molar-refractivity contribution >= 4 is 35.2 Å². The number of carbonyl (C=O) groups is 3. The summed E-state index contributed by atoms with van der Waals surface area (Å²) in [4.78, 5) is 37.1. The van der Waals surface area contributed by atoms with Crippen molar-refractivity contribution in [3.05, 3.63) is 54.3 Å². The van der Waals surface area contributed by atoms with Crippen LogP contribution in [0.15, 0.2) is 53.4 Å². The number of thioether (sulfide) groups is 1. The summed E-state index contributed by atoms with van der Waals surface area (Å²) in [6.07, 6.45) is -1.15. The van der Waals surface area contributed by atoms with Crippen LogP contribution in [-0.2, 0) is 14.4 Å². The Morgan fingerprint density at radius 3 is 2.68 bits per heavy atom. The fraction of sp³-hybridized carbons (Fsp3) is 0.211. The Morgan fingerprint density at radius 2 is 1.89 bits per heavy atom. The molecule has 9 heteroatoms. The van der Waals surface area contributed by atoms with Crippen molar-refractivity contribution in [2.75, 3.05) is 5.32 Å². The first-order valence-corrected chi connectivity index (χ1v) is 9.38. The number of anilines is 1. The van der Waals surface area contributed by atoms with Gasteiger partial charge in [-0.05, 0) is 31.2 Å². The molecule has 1 aliphatic rings. The van der Waals surface area contributed by atoms with E-state index in [0.29, 0.717) is 5.69 Å². The van der Waals surface area contributed by atoms with Gasteiger partial charge in [0.25, 0.3) is 5.91 Å². The Kier molecular flexibility index (Phi) is 6.15. The van der Waals surface area contributed by atoms with E-state index in [1.807, 2.05) is 18.2 Å². The van der Waals surface area contributed by atoms with Gasteiger partial charge in [0.2, 0.25) is 11.8 Å². The predicted octanol–water partition coefficient (Wildman–Crippen LogP) is 2.24. The molecular formula is C19H18FN3O4S. The number of benzene rings is 2. The molecule has 2 aromatic carbocycles. The molecule has 1 aliphatic heterocycles. The zero-order chi connectivity index (χ0) is 20.1. The molecule has 0 radical (unpaired) electrons. The van der Waals surface area contributed by atoms with E-state index in [1.54, 1.807) is 12.1 Å².